The van der Waals surface area contributed by atoms with Gasteiger partial charge in [-0.2, -0.15) is 0 Å². The molecule has 15 heavy (non-hydrogen) atoms. The molecule has 0 fully saturated rings. The smallest absolute Gasteiger partial charge is 0.258 e. The molecule has 0 atom stereocenters. The van der Waals surface area contributed by atoms with Crippen molar-refractivity contribution in [1.82, 2.24) is 0 Å². The van der Waals surface area contributed by atoms with E-state index in [0.29, 0.717) is 5.88 Å². The molecule has 0 bridgehead atoms. The number of thioether (sulfide) groups is 1. The zero-order valence-electron chi connectivity index (χ0n) is 8.19. The predicted octanol–water partition coefficient (Wildman–Crippen LogP) is 3.71. The number of para-hydroxylation sites is 1. The van der Waals surface area contributed by atoms with E-state index in [2.05, 4.69) is 0 Å². The molecule has 0 aliphatic heterocycles. The highest BCUT2D eigenvalue weighted by Crippen LogP contribution is 2.29. The van der Waals surface area contributed by atoms with E-state index < -0.39 is 0 Å². The Balaban J connectivity index is 2.56. The lowest BCUT2D eigenvalue weighted by Crippen LogP contribution is -1.91. The SMILES string of the molecule is O=[N+]([O-])c1ccccc1SCCCCCl. The topological polar surface area (TPSA) is 43.1 Å². The number of unbranched alkanes of at least 4 members (excludes halogenated alkanes) is 1. The zero-order chi connectivity index (χ0) is 11.1. The fraction of sp³-hybridized carbons (Fsp3) is 0.400. The first-order valence-electron chi connectivity index (χ1n) is 4.68. The lowest BCUT2D eigenvalue weighted by molar-refractivity contribution is -0.387. The first kappa shape index (κ1) is 12.3. The van der Waals surface area contributed by atoms with Gasteiger partial charge in [0.1, 0.15) is 0 Å². The van der Waals surface area contributed by atoms with Gasteiger partial charge in [-0.3, -0.25) is 10.1 Å². The minimum atomic E-state index is -0.343. The molecule has 0 spiro atoms. The molecule has 1 aromatic carbocycles. The summed E-state index contributed by atoms with van der Waals surface area (Å²) in [4.78, 5) is 11.1. The summed E-state index contributed by atoms with van der Waals surface area (Å²) in [6.45, 7) is 0. The molecule has 0 aromatic heterocycles. The summed E-state index contributed by atoms with van der Waals surface area (Å²) in [5, 5.41) is 10.7. The van der Waals surface area contributed by atoms with E-state index in [-0.39, 0.29) is 10.6 Å². The molecule has 0 saturated carbocycles. The molecule has 3 nitrogen and oxygen atoms in total. The van der Waals surface area contributed by atoms with Crippen LogP contribution >= 0.6 is 23.4 Å². The van der Waals surface area contributed by atoms with E-state index in [4.69, 9.17) is 11.6 Å². The quantitative estimate of drug-likeness (QED) is 0.252. The van der Waals surface area contributed by atoms with Crippen LogP contribution in [-0.4, -0.2) is 16.6 Å². The normalized spacial score (nSPS) is 10.2. The number of rotatable bonds is 6. The third-order valence-corrected chi connectivity index (χ3v) is 3.26. The second-order valence-corrected chi connectivity index (χ2v) is 4.48. The van der Waals surface area contributed by atoms with Crippen molar-refractivity contribution in [2.75, 3.05) is 11.6 Å². The minimum absolute atomic E-state index is 0.188. The number of benzene rings is 1. The second-order valence-electron chi connectivity index (χ2n) is 2.97. The highest BCUT2D eigenvalue weighted by atomic mass is 35.5. The Labute approximate surface area is 98.0 Å². The maximum absolute atomic E-state index is 10.7. The van der Waals surface area contributed by atoms with Gasteiger partial charge in [0.25, 0.3) is 5.69 Å². The van der Waals surface area contributed by atoms with Crippen LogP contribution in [0.15, 0.2) is 29.2 Å². The van der Waals surface area contributed by atoms with Crippen LogP contribution in [0.4, 0.5) is 5.69 Å². The van der Waals surface area contributed by atoms with Gasteiger partial charge in [-0.15, -0.1) is 23.4 Å². The molecule has 5 heteroatoms. The van der Waals surface area contributed by atoms with E-state index in [9.17, 15) is 10.1 Å². The molecule has 0 heterocycles. The van der Waals surface area contributed by atoms with Gasteiger partial charge in [-0.05, 0) is 24.7 Å². The fourth-order valence-corrected chi connectivity index (χ4v) is 2.33. The molecule has 0 aliphatic rings. The van der Waals surface area contributed by atoms with Crippen LogP contribution in [0.2, 0.25) is 0 Å². The fourth-order valence-electron chi connectivity index (χ4n) is 1.11. The van der Waals surface area contributed by atoms with Crippen LogP contribution in [-0.2, 0) is 0 Å². The Kier molecular flexibility index (Phi) is 5.50. The number of nitrogens with zero attached hydrogens (tertiary/aromatic N) is 1. The average molecular weight is 246 g/mol. The van der Waals surface area contributed by atoms with Gasteiger partial charge in [0.2, 0.25) is 0 Å². The summed E-state index contributed by atoms with van der Waals surface area (Å²) < 4.78 is 0. The Morgan fingerprint density at radius 3 is 2.73 bits per heavy atom. The van der Waals surface area contributed by atoms with Gasteiger partial charge in [0, 0.05) is 11.9 Å². The van der Waals surface area contributed by atoms with Crippen molar-refractivity contribution in [2.24, 2.45) is 0 Å². The standard InChI is InChI=1S/C10H12ClNO2S/c11-7-3-4-8-15-10-6-2-1-5-9(10)12(13)14/h1-2,5-6H,3-4,7-8H2. The van der Waals surface area contributed by atoms with E-state index >= 15 is 0 Å². The maximum Gasteiger partial charge on any atom is 0.282 e. The first-order valence-corrected chi connectivity index (χ1v) is 6.20. The summed E-state index contributed by atoms with van der Waals surface area (Å²) in [7, 11) is 0. The van der Waals surface area contributed by atoms with Crippen LogP contribution in [0.25, 0.3) is 0 Å². The highest BCUT2D eigenvalue weighted by Gasteiger charge is 2.11. The highest BCUT2D eigenvalue weighted by molar-refractivity contribution is 7.99. The number of hydrogen-bond acceptors (Lipinski definition) is 3. The Bertz CT molecular complexity index is 333. The van der Waals surface area contributed by atoms with Crippen LogP contribution < -0.4 is 0 Å². The molecule has 0 radical (unpaired) electrons. The van der Waals surface area contributed by atoms with Crippen molar-refractivity contribution in [3.63, 3.8) is 0 Å². The Morgan fingerprint density at radius 1 is 1.33 bits per heavy atom. The van der Waals surface area contributed by atoms with Crippen LogP contribution in [0, 0.1) is 10.1 Å². The molecule has 1 rings (SSSR count). The van der Waals surface area contributed by atoms with Gasteiger partial charge in [-0.25, -0.2) is 0 Å². The van der Waals surface area contributed by atoms with Crippen molar-refractivity contribution in [2.45, 2.75) is 17.7 Å². The van der Waals surface area contributed by atoms with Crippen molar-refractivity contribution in [3.8, 4) is 0 Å². The minimum Gasteiger partial charge on any atom is -0.258 e. The van der Waals surface area contributed by atoms with Crippen molar-refractivity contribution < 1.29 is 4.92 Å². The number of alkyl halides is 1. The van der Waals surface area contributed by atoms with Gasteiger partial charge >= 0.3 is 0 Å². The third-order valence-electron chi connectivity index (χ3n) is 1.85. The number of hydrogen-bond donors (Lipinski definition) is 0. The molecule has 1 aromatic rings. The van der Waals surface area contributed by atoms with Crippen LogP contribution in [0.3, 0.4) is 0 Å². The van der Waals surface area contributed by atoms with Gasteiger partial charge in [0.15, 0.2) is 0 Å². The van der Waals surface area contributed by atoms with Crippen molar-refractivity contribution in [1.29, 1.82) is 0 Å². The molecular formula is C10H12ClNO2S. The molecule has 0 N–H and O–H groups in total. The largest absolute Gasteiger partial charge is 0.282 e. The third kappa shape index (κ3) is 4.10. The lowest BCUT2D eigenvalue weighted by Gasteiger charge is -2.01. The van der Waals surface area contributed by atoms with E-state index in [0.717, 1.165) is 23.5 Å². The predicted molar refractivity (Wildman–Crippen MR) is 63.8 cm³/mol. The summed E-state index contributed by atoms with van der Waals surface area (Å²) >= 11 is 7.06. The molecule has 0 unspecified atom stereocenters. The molecular weight excluding hydrogens is 234 g/mol. The lowest BCUT2D eigenvalue weighted by atomic mass is 10.3. The van der Waals surface area contributed by atoms with Crippen LogP contribution in [0.1, 0.15) is 12.8 Å². The number of nitro groups is 1. The van der Waals surface area contributed by atoms with Gasteiger partial charge in [0.05, 0.1) is 9.82 Å². The molecule has 0 saturated heterocycles. The van der Waals surface area contributed by atoms with Gasteiger partial charge < -0.3 is 0 Å². The Morgan fingerprint density at radius 2 is 2.07 bits per heavy atom. The first-order chi connectivity index (χ1) is 7.25. The molecule has 0 aliphatic carbocycles. The zero-order valence-corrected chi connectivity index (χ0v) is 9.76. The summed E-state index contributed by atoms with van der Waals surface area (Å²) in [6, 6.07) is 6.81. The molecule has 82 valence electrons. The van der Waals surface area contributed by atoms with Crippen molar-refractivity contribution in [3.05, 3.63) is 34.4 Å². The summed E-state index contributed by atoms with van der Waals surface area (Å²) in [5.74, 6) is 1.52. The van der Waals surface area contributed by atoms with E-state index in [1.54, 1.807) is 12.1 Å². The number of nitro benzene ring substituents is 1. The van der Waals surface area contributed by atoms with Gasteiger partial charge in [-0.1, -0.05) is 12.1 Å². The average Bonchev–Trinajstić information content (AvgIpc) is 2.25. The maximum atomic E-state index is 10.7. The summed E-state index contributed by atoms with van der Waals surface area (Å²) in [5.41, 5.74) is 0.188. The monoisotopic (exact) mass is 245 g/mol. The van der Waals surface area contributed by atoms with E-state index in [1.807, 2.05) is 6.07 Å². The van der Waals surface area contributed by atoms with Crippen LogP contribution in [0.5, 0.6) is 0 Å². The Hall–Kier alpha value is -0.740. The van der Waals surface area contributed by atoms with E-state index in [1.165, 1.54) is 17.8 Å². The second kappa shape index (κ2) is 6.69. The number of halogens is 1. The summed E-state index contributed by atoms with van der Waals surface area (Å²) in [6.07, 6.45) is 1.94. The van der Waals surface area contributed by atoms with Crippen molar-refractivity contribution >= 4 is 29.1 Å². The molecule has 0 amide bonds.